The number of nitrogens with one attached hydrogen (secondary N) is 3. The molecule has 126 valence electrons. The zero-order valence-electron chi connectivity index (χ0n) is 13.7. The fraction of sp³-hybridized carbons (Fsp3) is 0.529. The van der Waals surface area contributed by atoms with E-state index in [4.69, 9.17) is 4.74 Å². The van der Waals surface area contributed by atoms with Gasteiger partial charge in [-0.2, -0.15) is 0 Å². The maximum atomic E-state index is 12.0. The van der Waals surface area contributed by atoms with Crippen LogP contribution in [0, 0.1) is 0 Å². The molecule has 3 N–H and O–H groups in total. The summed E-state index contributed by atoms with van der Waals surface area (Å²) >= 11 is 0. The van der Waals surface area contributed by atoms with Gasteiger partial charge in [-0.05, 0) is 44.9 Å². The van der Waals surface area contributed by atoms with E-state index in [2.05, 4.69) is 16.0 Å². The van der Waals surface area contributed by atoms with Crippen LogP contribution in [-0.2, 0) is 9.53 Å². The summed E-state index contributed by atoms with van der Waals surface area (Å²) in [6, 6.07) is 7.20. The van der Waals surface area contributed by atoms with Gasteiger partial charge in [0.25, 0.3) is 5.91 Å². The van der Waals surface area contributed by atoms with E-state index in [0.717, 1.165) is 25.1 Å². The van der Waals surface area contributed by atoms with Gasteiger partial charge in [0.2, 0.25) is 5.91 Å². The van der Waals surface area contributed by atoms with Crippen molar-refractivity contribution in [2.24, 2.45) is 0 Å². The molecule has 0 bridgehead atoms. The Hall–Kier alpha value is -2.08. The van der Waals surface area contributed by atoms with Gasteiger partial charge in [-0.3, -0.25) is 9.59 Å². The lowest BCUT2D eigenvalue weighted by atomic mass is 10.1. The van der Waals surface area contributed by atoms with Gasteiger partial charge >= 0.3 is 0 Å². The number of carbonyl (C=O) groups excluding carboxylic acids is 2. The molecule has 6 nitrogen and oxygen atoms in total. The van der Waals surface area contributed by atoms with E-state index >= 15 is 0 Å². The summed E-state index contributed by atoms with van der Waals surface area (Å²) in [4.78, 5) is 23.8. The van der Waals surface area contributed by atoms with E-state index in [9.17, 15) is 9.59 Å². The minimum Gasteiger partial charge on any atom is -0.376 e. The average molecular weight is 319 g/mol. The SMILES string of the molecule is CC(C)NC(=O)c1cccc(NCC(=O)NCC2CCCO2)c1. The Labute approximate surface area is 137 Å². The number of anilines is 1. The van der Waals surface area contributed by atoms with Crippen molar-refractivity contribution in [2.75, 3.05) is 25.0 Å². The number of amides is 2. The standard InChI is InChI=1S/C17H25N3O3/c1-12(2)20-17(22)13-5-3-6-14(9-13)18-11-16(21)19-10-15-7-4-8-23-15/h3,5-6,9,12,15,18H,4,7-8,10-11H2,1-2H3,(H,19,21)(H,20,22). The van der Waals surface area contributed by atoms with Gasteiger partial charge in [0, 0.05) is 30.4 Å². The van der Waals surface area contributed by atoms with Crippen molar-refractivity contribution in [1.29, 1.82) is 0 Å². The van der Waals surface area contributed by atoms with Crippen molar-refractivity contribution < 1.29 is 14.3 Å². The Morgan fingerprint density at radius 3 is 2.87 bits per heavy atom. The first-order valence-corrected chi connectivity index (χ1v) is 8.07. The molecule has 23 heavy (non-hydrogen) atoms. The molecule has 1 aliphatic rings. The predicted molar refractivity (Wildman–Crippen MR) is 89.5 cm³/mol. The smallest absolute Gasteiger partial charge is 0.251 e. The minimum atomic E-state index is -0.119. The maximum absolute atomic E-state index is 12.0. The summed E-state index contributed by atoms with van der Waals surface area (Å²) < 4.78 is 5.46. The Morgan fingerprint density at radius 1 is 1.35 bits per heavy atom. The first kappa shape index (κ1) is 17.3. The fourth-order valence-corrected chi connectivity index (χ4v) is 2.39. The van der Waals surface area contributed by atoms with Crippen LogP contribution in [-0.4, -0.2) is 43.7 Å². The monoisotopic (exact) mass is 319 g/mol. The Morgan fingerprint density at radius 2 is 2.17 bits per heavy atom. The highest BCUT2D eigenvalue weighted by atomic mass is 16.5. The third-order valence-corrected chi connectivity index (χ3v) is 3.55. The van der Waals surface area contributed by atoms with Gasteiger partial charge in [-0.1, -0.05) is 6.07 Å². The summed E-state index contributed by atoms with van der Waals surface area (Å²) in [6.45, 7) is 5.33. The maximum Gasteiger partial charge on any atom is 0.251 e. The molecule has 0 aromatic heterocycles. The topological polar surface area (TPSA) is 79.5 Å². The number of hydrogen-bond acceptors (Lipinski definition) is 4. The van der Waals surface area contributed by atoms with Gasteiger partial charge < -0.3 is 20.7 Å². The molecule has 1 saturated heterocycles. The van der Waals surface area contributed by atoms with Crippen molar-refractivity contribution in [2.45, 2.75) is 38.8 Å². The summed E-state index contributed by atoms with van der Waals surface area (Å²) in [6.07, 6.45) is 2.20. The molecule has 0 saturated carbocycles. The van der Waals surface area contributed by atoms with Crippen molar-refractivity contribution in [3.8, 4) is 0 Å². The fourth-order valence-electron chi connectivity index (χ4n) is 2.39. The molecule has 1 aromatic rings. The summed E-state index contributed by atoms with van der Waals surface area (Å²) in [5.41, 5.74) is 1.32. The van der Waals surface area contributed by atoms with Crippen LogP contribution in [0.1, 0.15) is 37.0 Å². The van der Waals surface area contributed by atoms with E-state index in [1.165, 1.54) is 0 Å². The molecule has 1 unspecified atom stereocenters. The quantitative estimate of drug-likeness (QED) is 0.712. The van der Waals surface area contributed by atoms with Crippen molar-refractivity contribution in [3.63, 3.8) is 0 Å². The zero-order valence-corrected chi connectivity index (χ0v) is 13.7. The second-order valence-electron chi connectivity index (χ2n) is 6.00. The molecule has 1 heterocycles. The first-order valence-electron chi connectivity index (χ1n) is 8.07. The lowest BCUT2D eigenvalue weighted by Gasteiger charge is -2.12. The third kappa shape index (κ3) is 5.90. The summed E-state index contributed by atoms with van der Waals surface area (Å²) in [7, 11) is 0. The Balaban J connectivity index is 1.78. The van der Waals surface area contributed by atoms with E-state index in [0.29, 0.717) is 12.1 Å². The number of carbonyl (C=O) groups is 2. The van der Waals surface area contributed by atoms with Gasteiger partial charge in [0.05, 0.1) is 12.6 Å². The minimum absolute atomic E-state index is 0.0856. The molecule has 2 amide bonds. The lowest BCUT2D eigenvalue weighted by molar-refractivity contribution is -0.119. The van der Waals surface area contributed by atoms with E-state index in [1.807, 2.05) is 19.9 Å². The van der Waals surface area contributed by atoms with Crippen LogP contribution in [0.25, 0.3) is 0 Å². The predicted octanol–water partition coefficient (Wildman–Crippen LogP) is 1.53. The third-order valence-electron chi connectivity index (χ3n) is 3.55. The molecule has 2 rings (SSSR count). The highest BCUT2D eigenvalue weighted by Crippen LogP contribution is 2.11. The van der Waals surface area contributed by atoms with Gasteiger partial charge in [0.1, 0.15) is 0 Å². The Kier molecular flexibility index (Phi) is 6.40. The Bertz CT molecular complexity index is 540. The highest BCUT2D eigenvalue weighted by Gasteiger charge is 2.16. The van der Waals surface area contributed by atoms with Crippen molar-refractivity contribution in [1.82, 2.24) is 10.6 Å². The average Bonchev–Trinajstić information content (AvgIpc) is 3.04. The van der Waals surface area contributed by atoms with Crippen molar-refractivity contribution >= 4 is 17.5 Å². The van der Waals surface area contributed by atoms with Crippen LogP contribution in [0.4, 0.5) is 5.69 Å². The molecule has 0 radical (unpaired) electrons. The molecule has 1 fully saturated rings. The molecule has 0 aliphatic carbocycles. The number of benzene rings is 1. The molecular formula is C17H25N3O3. The second-order valence-corrected chi connectivity index (χ2v) is 6.00. The number of ether oxygens (including phenoxy) is 1. The van der Waals surface area contributed by atoms with E-state index in [1.54, 1.807) is 18.2 Å². The van der Waals surface area contributed by atoms with Crippen LogP contribution in [0.3, 0.4) is 0 Å². The van der Waals surface area contributed by atoms with E-state index in [-0.39, 0.29) is 30.5 Å². The second kappa shape index (κ2) is 8.53. The van der Waals surface area contributed by atoms with Crippen molar-refractivity contribution in [3.05, 3.63) is 29.8 Å². The first-order chi connectivity index (χ1) is 11.0. The zero-order chi connectivity index (χ0) is 16.7. The molecule has 1 aliphatic heterocycles. The highest BCUT2D eigenvalue weighted by molar-refractivity contribution is 5.95. The van der Waals surface area contributed by atoms with Gasteiger partial charge in [-0.15, -0.1) is 0 Å². The molecular weight excluding hydrogens is 294 g/mol. The van der Waals surface area contributed by atoms with Crippen LogP contribution < -0.4 is 16.0 Å². The van der Waals surface area contributed by atoms with Crippen LogP contribution in [0.2, 0.25) is 0 Å². The van der Waals surface area contributed by atoms with Gasteiger partial charge in [0.15, 0.2) is 0 Å². The largest absolute Gasteiger partial charge is 0.376 e. The molecule has 1 atom stereocenters. The lowest BCUT2D eigenvalue weighted by Crippen LogP contribution is -2.35. The summed E-state index contributed by atoms with van der Waals surface area (Å²) in [5, 5.41) is 8.73. The molecule has 6 heteroatoms. The summed E-state index contributed by atoms with van der Waals surface area (Å²) in [5.74, 6) is -0.205. The van der Waals surface area contributed by atoms with Crippen LogP contribution in [0.5, 0.6) is 0 Å². The number of rotatable bonds is 7. The van der Waals surface area contributed by atoms with Crippen LogP contribution >= 0.6 is 0 Å². The van der Waals surface area contributed by atoms with Gasteiger partial charge in [-0.25, -0.2) is 0 Å². The normalized spacial score (nSPS) is 17.1. The molecule has 0 spiro atoms. The number of hydrogen-bond donors (Lipinski definition) is 3. The van der Waals surface area contributed by atoms with E-state index < -0.39 is 0 Å². The van der Waals surface area contributed by atoms with Crippen LogP contribution in [0.15, 0.2) is 24.3 Å². The molecule has 1 aromatic carbocycles.